The Bertz CT molecular complexity index is 689. The van der Waals surface area contributed by atoms with Gasteiger partial charge in [0.2, 0.25) is 0 Å². The molecule has 0 bridgehead atoms. The van der Waals surface area contributed by atoms with E-state index in [4.69, 9.17) is 16.3 Å². The van der Waals surface area contributed by atoms with E-state index in [1.54, 1.807) is 0 Å². The molecule has 0 spiro atoms. The van der Waals surface area contributed by atoms with Crippen LogP contribution in [-0.4, -0.2) is 17.9 Å². The molecule has 22 heavy (non-hydrogen) atoms. The molecule has 0 unspecified atom stereocenters. The molecule has 116 valence electrons. The number of benzene rings is 2. The van der Waals surface area contributed by atoms with E-state index >= 15 is 0 Å². The maximum atomic E-state index is 11.7. The lowest BCUT2D eigenvalue weighted by atomic mass is 10.1. The molecule has 0 aliphatic heterocycles. The maximum Gasteiger partial charge on any atom is 0.321 e. The standard InChI is InChI=1S/C16H17ClN2O3/c1-10-3-6-15(11(2)7-10)22-9-18-16(21)19-13-8-12(17)4-5-14(13)20/h3-8,20H,9H2,1-2H3,(H2,18,19,21). The first kappa shape index (κ1) is 16.0. The topological polar surface area (TPSA) is 70.6 Å². The van der Waals surface area contributed by atoms with E-state index in [1.165, 1.54) is 18.2 Å². The highest BCUT2D eigenvalue weighted by Crippen LogP contribution is 2.26. The van der Waals surface area contributed by atoms with Crippen molar-refractivity contribution in [2.75, 3.05) is 12.0 Å². The van der Waals surface area contributed by atoms with Crippen LogP contribution in [-0.2, 0) is 0 Å². The van der Waals surface area contributed by atoms with Crippen molar-refractivity contribution in [3.8, 4) is 11.5 Å². The molecular weight excluding hydrogens is 304 g/mol. The zero-order valence-electron chi connectivity index (χ0n) is 12.3. The van der Waals surface area contributed by atoms with E-state index in [9.17, 15) is 9.90 Å². The van der Waals surface area contributed by atoms with Crippen molar-refractivity contribution in [2.24, 2.45) is 0 Å². The molecule has 0 atom stereocenters. The van der Waals surface area contributed by atoms with Gasteiger partial charge in [-0.3, -0.25) is 0 Å². The highest BCUT2D eigenvalue weighted by Gasteiger charge is 2.07. The van der Waals surface area contributed by atoms with Crippen molar-refractivity contribution >= 4 is 23.3 Å². The van der Waals surface area contributed by atoms with Crippen molar-refractivity contribution < 1.29 is 14.6 Å². The molecule has 3 N–H and O–H groups in total. The number of carbonyl (C=O) groups excluding carboxylic acids is 1. The van der Waals surface area contributed by atoms with E-state index in [0.29, 0.717) is 10.8 Å². The minimum absolute atomic E-state index is 0.0110. The molecule has 0 saturated heterocycles. The molecular formula is C16H17ClN2O3. The lowest BCUT2D eigenvalue weighted by molar-refractivity contribution is 0.234. The van der Waals surface area contributed by atoms with Crippen LogP contribution in [0.2, 0.25) is 5.02 Å². The Morgan fingerprint density at radius 1 is 1.23 bits per heavy atom. The number of hydrogen-bond acceptors (Lipinski definition) is 3. The summed E-state index contributed by atoms with van der Waals surface area (Å²) in [5.74, 6) is 0.645. The Morgan fingerprint density at radius 2 is 2.00 bits per heavy atom. The van der Waals surface area contributed by atoms with Crippen LogP contribution in [0, 0.1) is 13.8 Å². The van der Waals surface area contributed by atoms with Crippen molar-refractivity contribution in [3.05, 3.63) is 52.5 Å². The van der Waals surface area contributed by atoms with Gasteiger partial charge in [0.25, 0.3) is 0 Å². The normalized spacial score (nSPS) is 10.1. The van der Waals surface area contributed by atoms with Gasteiger partial charge in [-0.1, -0.05) is 29.3 Å². The fraction of sp³-hybridized carbons (Fsp3) is 0.188. The molecule has 0 heterocycles. The van der Waals surface area contributed by atoms with Gasteiger partial charge in [-0.15, -0.1) is 0 Å². The van der Waals surface area contributed by atoms with Gasteiger partial charge >= 0.3 is 6.03 Å². The summed E-state index contributed by atoms with van der Waals surface area (Å²) in [6.07, 6.45) is 0. The molecule has 2 aromatic carbocycles. The summed E-state index contributed by atoms with van der Waals surface area (Å²) in [6, 6.07) is 9.69. The number of ether oxygens (including phenoxy) is 1. The van der Waals surface area contributed by atoms with Gasteiger partial charge in [0.15, 0.2) is 6.73 Å². The molecule has 0 aromatic heterocycles. The second-order valence-corrected chi connectivity index (χ2v) is 5.29. The Balaban J connectivity index is 1.86. The molecule has 5 nitrogen and oxygen atoms in total. The quantitative estimate of drug-likeness (QED) is 0.592. The number of phenolic OH excluding ortho intramolecular Hbond substituents is 1. The zero-order chi connectivity index (χ0) is 16.1. The van der Waals surface area contributed by atoms with Crippen molar-refractivity contribution in [3.63, 3.8) is 0 Å². The molecule has 0 aliphatic rings. The fourth-order valence-electron chi connectivity index (χ4n) is 1.92. The molecule has 6 heteroatoms. The van der Waals surface area contributed by atoms with Gasteiger partial charge in [0.05, 0.1) is 5.69 Å². The van der Waals surface area contributed by atoms with Crippen LogP contribution < -0.4 is 15.4 Å². The third kappa shape index (κ3) is 4.30. The van der Waals surface area contributed by atoms with E-state index in [2.05, 4.69) is 10.6 Å². The minimum Gasteiger partial charge on any atom is -0.506 e. The second-order valence-electron chi connectivity index (χ2n) is 4.85. The van der Waals surface area contributed by atoms with Crippen LogP contribution in [0.3, 0.4) is 0 Å². The Morgan fingerprint density at radius 3 is 2.73 bits per heavy atom. The van der Waals surface area contributed by atoms with Gasteiger partial charge in [0, 0.05) is 5.02 Å². The maximum absolute atomic E-state index is 11.7. The molecule has 2 aromatic rings. The number of aryl methyl sites for hydroxylation is 2. The largest absolute Gasteiger partial charge is 0.506 e. The minimum atomic E-state index is -0.498. The predicted molar refractivity (Wildman–Crippen MR) is 86.7 cm³/mol. The number of phenols is 1. The van der Waals surface area contributed by atoms with Crippen LogP contribution in [0.5, 0.6) is 11.5 Å². The van der Waals surface area contributed by atoms with Crippen LogP contribution in [0.4, 0.5) is 10.5 Å². The summed E-state index contributed by atoms with van der Waals surface area (Å²) in [6.45, 7) is 3.95. The number of urea groups is 1. The third-order valence-electron chi connectivity index (χ3n) is 3.00. The number of nitrogens with one attached hydrogen (secondary N) is 2. The average Bonchev–Trinajstić information content (AvgIpc) is 2.45. The van der Waals surface area contributed by atoms with Gasteiger partial charge in [-0.2, -0.15) is 0 Å². The zero-order valence-corrected chi connectivity index (χ0v) is 13.1. The molecule has 2 amide bonds. The number of carbonyl (C=O) groups is 1. The van der Waals surface area contributed by atoms with Crippen molar-refractivity contribution in [1.82, 2.24) is 5.32 Å². The third-order valence-corrected chi connectivity index (χ3v) is 3.23. The van der Waals surface area contributed by atoms with Gasteiger partial charge < -0.3 is 20.5 Å². The molecule has 0 saturated carbocycles. The number of amides is 2. The smallest absolute Gasteiger partial charge is 0.321 e. The fourth-order valence-corrected chi connectivity index (χ4v) is 2.09. The van der Waals surface area contributed by atoms with Gasteiger partial charge in [0.1, 0.15) is 11.5 Å². The summed E-state index contributed by atoms with van der Waals surface area (Å²) in [5.41, 5.74) is 2.37. The highest BCUT2D eigenvalue weighted by atomic mass is 35.5. The van der Waals surface area contributed by atoms with Crippen LogP contribution in [0.15, 0.2) is 36.4 Å². The summed E-state index contributed by atoms with van der Waals surface area (Å²) in [4.78, 5) is 11.7. The summed E-state index contributed by atoms with van der Waals surface area (Å²) < 4.78 is 5.49. The van der Waals surface area contributed by atoms with Crippen LogP contribution in [0.25, 0.3) is 0 Å². The average molecular weight is 321 g/mol. The van der Waals surface area contributed by atoms with Gasteiger partial charge in [-0.25, -0.2) is 4.79 Å². The van der Waals surface area contributed by atoms with Gasteiger partial charge in [-0.05, 0) is 43.7 Å². The Hall–Kier alpha value is -2.40. The first-order chi connectivity index (χ1) is 10.5. The van der Waals surface area contributed by atoms with E-state index in [1.807, 2.05) is 32.0 Å². The molecule has 0 radical (unpaired) electrons. The first-order valence-electron chi connectivity index (χ1n) is 6.69. The summed E-state index contributed by atoms with van der Waals surface area (Å²) >= 11 is 5.81. The lowest BCUT2D eigenvalue weighted by Gasteiger charge is -2.12. The van der Waals surface area contributed by atoms with E-state index < -0.39 is 6.03 Å². The highest BCUT2D eigenvalue weighted by molar-refractivity contribution is 6.31. The second kappa shape index (κ2) is 7.04. The first-order valence-corrected chi connectivity index (χ1v) is 7.07. The number of rotatable bonds is 4. The number of aromatic hydroxyl groups is 1. The number of hydrogen-bond donors (Lipinski definition) is 3. The Kier molecular flexibility index (Phi) is 5.12. The van der Waals surface area contributed by atoms with Crippen LogP contribution in [0.1, 0.15) is 11.1 Å². The van der Waals surface area contributed by atoms with Crippen molar-refractivity contribution in [1.29, 1.82) is 0 Å². The molecule has 0 fully saturated rings. The number of halogens is 1. The Labute approximate surface area is 133 Å². The summed E-state index contributed by atoms with van der Waals surface area (Å²) in [5, 5.41) is 15.1. The molecule has 0 aliphatic carbocycles. The van der Waals surface area contributed by atoms with E-state index in [-0.39, 0.29) is 18.2 Å². The van der Waals surface area contributed by atoms with Crippen molar-refractivity contribution in [2.45, 2.75) is 13.8 Å². The predicted octanol–water partition coefficient (Wildman–Crippen LogP) is 3.82. The SMILES string of the molecule is Cc1ccc(OCNC(=O)Nc2cc(Cl)ccc2O)c(C)c1. The monoisotopic (exact) mass is 320 g/mol. The number of anilines is 1. The molecule has 2 rings (SSSR count). The lowest BCUT2D eigenvalue weighted by Crippen LogP contribution is -2.32. The van der Waals surface area contributed by atoms with E-state index in [0.717, 1.165) is 11.1 Å². The van der Waals surface area contributed by atoms with Crippen LogP contribution >= 0.6 is 11.6 Å². The summed E-state index contributed by atoms with van der Waals surface area (Å²) in [7, 11) is 0.